The summed E-state index contributed by atoms with van der Waals surface area (Å²) in [6, 6.07) is 5.02. The van der Waals surface area contributed by atoms with Crippen molar-refractivity contribution in [1.82, 2.24) is 9.55 Å². The van der Waals surface area contributed by atoms with E-state index in [0.29, 0.717) is 20.3 Å². The summed E-state index contributed by atoms with van der Waals surface area (Å²) in [6.07, 6.45) is 0. The first-order valence-corrected chi connectivity index (χ1v) is 6.06. The standard InChI is InChI=1S/C11H7BrClFN2O2/c1-5-2-3-6(12)4-7(5)16-10(17)8(14)9(13)15-11(16)18/h2-4H,1H3,(H,15,18). The number of nitrogens with zero attached hydrogens (tertiary/aromatic N) is 1. The third kappa shape index (κ3) is 2.13. The normalized spacial score (nSPS) is 10.7. The van der Waals surface area contributed by atoms with Crippen molar-refractivity contribution in [2.24, 2.45) is 0 Å². The largest absolute Gasteiger partial charge is 0.334 e. The molecule has 0 aliphatic carbocycles. The SMILES string of the molecule is Cc1ccc(Br)cc1-n1c(=O)[nH]c(Cl)c(F)c1=O. The van der Waals surface area contributed by atoms with Crippen LogP contribution in [0.5, 0.6) is 0 Å². The zero-order valence-corrected chi connectivity index (χ0v) is 11.5. The maximum Gasteiger partial charge on any atom is 0.334 e. The molecule has 2 aromatic rings. The van der Waals surface area contributed by atoms with Gasteiger partial charge in [0.25, 0.3) is 5.56 Å². The summed E-state index contributed by atoms with van der Waals surface area (Å²) in [5.41, 5.74) is -0.906. The van der Waals surface area contributed by atoms with Crippen LogP contribution in [-0.2, 0) is 0 Å². The second-order valence-electron chi connectivity index (χ2n) is 3.63. The van der Waals surface area contributed by atoms with Gasteiger partial charge in [-0.25, -0.2) is 9.36 Å². The predicted molar refractivity (Wildman–Crippen MR) is 70.1 cm³/mol. The van der Waals surface area contributed by atoms with Crippen molar-refractivity contribution in [2.45, 2.75) is 6.92 Å². The summed E-state index contributed by atoms with van der Waals surface area (Å²) in [5, 5.41) is -0.589. The van der Waals surface area contributed by atoms with Gasteiger partial charge in [0, 0.05) is 4.47 Å². The topological polar surface area (TPSA) is 54.9 Å². The maximum absolute atomic E-state index is 13.4. The van der Waals surface area contributed by atoms with Gasteiger partial charge in [-0.05, 0) is 24.6 Å². The minimum atomic E-state index is -1.18. The summed E-state index contributed by atoms with van der Waals surface area (Å²) in [5.74, 6) is -1.18. The molecule has 0 amide bonds. The van der Waals surface area contributed by atoms with Gasteiger partial charge in [-0.15, -0.1) is 0 Å². The van der Waals surface area contributed by atoms with E-state index in [1.54, 1.807) is 25.1 Å². The van der Waals surface area contributed by atoms with E-state index in [9.17, 15) is 14.0 Å². The van der Waals surface area contributed by atoms with Gasteiger partial charge in [0.15, 0.2) is 5.15 Å². The number of aromatic nitrogens is 2. The third-order valence-corrected chi connectivity index (χ3v) is 3.17. The fraction of sp³-hybridized carbons (Fsp3) is 0.0909. The zero-order valence-electron chi connectivity index (χ0n) is 9.13. The number of halogens is 3. The minimum absolute atomic E-state index is 0.297. The van der Waals surface area contributed by atoms with Gasteiger partial charge >= 0.3 is 5.69 Å². The quantitative estimate of drug-likeness (QED) is 0.815. The molecule has 0 saturated heterocycles. The second-order valence-corrected chi connectivity index (χ2v) is 4.92. The van der Waals surface area contributed by atoms with Crippen LogP contribution in [0, 0.1) is 12.7 Å². The number of hydrogen-bond donors (Lipinski definition) is 1. The minimum Gasteiger partial charge on any atom is -0.295 e. The zero-order chi connectivity index (χ0) is 13.4. The number of H-pyrrole nitrogens is 1. The highest BCUT2D eigenvalue weighted by molar-refractivity contribution is 9.10. The number of aromatic amines is 1. The molecule has 7 heteroatoms. The smallest absolute Gasteiger partial charge is 0.295 e. The molecule has 94 valence electrons. The Labute approximate surface area is 114 Å². The first kappa shape index (κ1) is 13.0. The summed E-state index contributed by atoms with van der Waals surface area (Å²) in [4.78, 5) is 25.5. The Balaban J connectivity index is 2.88. The molecule has 1 aromatic carbocycles. The molecule has 1 N–H and O–H groups in total. The van der Waals surface area contributed by atoms with Gasteiger partial charge in [0.2, 0.25) is 5.82 Å². The highest BCUT2D eigenvalue weighted by Gasteiger charge is 2.15. The lowest BCUT2D eigenvalue weighted by molar-refractivity contribution is 0.584. The van der Waals surface area contributed by atoms with Crippen molar-refractivity contribution in [1.29, 1.82) is 0 Å². The Hall–Kier alpha value is -1.40. The molecule has 1 aromatic heterocycles. The molecule has 0 spiro atoms. The Morgan fingerprint density at radius 2 is 2.06 bits per heavy atom. The van der Waals surface area contributed by atoms with Crippen molar-refractivity contribution in [3.05, 3.63) is 60.0 Å². The molecule has 0 saturated carbocycles. The lowest BCUT2D eigenvalue weighted by Crippen LogP contribution is -2.36. The van der Waals surface area contributed by atoms with Crippen LogP contribution in [0.4, 0.5) is 4.39 Å². The van der Waals surface area contributed by atoms with Crippen molar-refractivity contribution in [3.63, 3.8) is 0 Å². The highest BCUT2D eigenvalue weighted by atomic mass is 79.9. The predicted octanol–water partition coefficient (Wildman–Crippen LogP) is 2.39. The number of aryl methyl sites for hydroxylation is 1. The molecule has 0 radical (unpaired) electrons. The van der Waals surface area contributed by atoms with Crippen molar-refractivity contribution in [3.8, 4) is 5.69 Å². The van der Waals surface area contributed by atoms with E-state index in [2.05, 4.69) is 20.9 Å². The Morgan fingerprint density at radius 1 is 1.39 bits per heavy atom. The maximum atomic E-state index is 13.4. The molecule has 4 nitrogen and oxygen atoms in total. The Bertz CT molecular complexity index is 739. The van der Waals surface area contributed by atoms with Gasteiger partial charge in [-0.2, -0.15) is 4.39 Å². The number of rotatable bonds is 1. The monoisotopic (exact) mass is 332 g/mol. The number of nitrogens with one attached hydrogen (secondary N) is 1. The van der Waals surface area contributed by atoms with Gasteiger partial charge in [-0.1, -0.05) is 33.6 Å². The van der Waals surface area contributed by atoms with Crippen LogP contribution < -0.4 is 11.2 Å². The Kier molecular flexibility index (Phi) is 3.41. The van der Waals surface area contributed by atoms with Gasteiger partial charge in [0.05, 0.1) is 5.69 Å². The van der Waals surface area contributed by atoms with E-state index in [4.69, 9.17) is 11.6 Å². The summed E-state index contributed by atoms with van der Waals surface area (Å²) in [6.45, 7) is 1.71. The van der Waals surface area contributed by atoms with Crippen LogP contribution in [0.2, 0.25) is 5.15 Å². The molecule has 0 aliphatic heterocycles. The van der Waals surface area contributed by atoms with Crippen molar-refractivity contribution in [2.75, 3.05) is 0 Å². The van der Waals surface area contributed by atoms with E-state index in [1.807, 2.05) is 0 Å². The molecule has 0 atom stereocenters. The summed E-state index contributed by atoms with van der Waals surface area (Å²) in [7, 11) is 0. The average Bonchev–Trinajstić information content (AvgIpc) is 2.31. The fourth-order valence-corrected chi connectivity index (χ4v) is 2.04. The van der Waals surface area contributed by atoms with E-state index in [1.165, 1.54) is 0 Å². The van der Waals surface area contributed by atoms with Crippen LogP contribution in [0.3, 0.4) is 0 Å². The number of benzene rings is 1. The fourth-order valence-electron chi connectivity index (χ4n) is 1.53. The van der Waals surface area contributed by atoms with Crippen molar-refractivity contribution < 1.29 is 4.39 Å². The van der Waals surface area contributed by atoms with E-state index >= 15 is 0 Å². The second kappa shape index (κ2) is 4.70. The molecule has 0 unspecified atom stereocenters. The van der Waals surface area contributed by atoms with Crippen molar-refractivity contribution >= 4 is 27.5 Å². The lowest BCUT2D eigenvalue weighted by atomic mass is 10.2. The van der Waals surface area contributed by atoms with E-state index in [0.717, 1.165) is 0 Å². The molecule has 18 heavy (non-hydrogen) atoms. The average molecular weight is 334 g/mol. The molecular weight excluding hydrogens is 326 g/mol. The molecule has 0 bridgehead atoms. The van der Waals surface area contributed by atoms with Crippen LogP contribution in [0.1, 0.15) is 5.56 Å². The van der Waals surface area contributed by atoms with Crippen LogP contribution in [0.25, 0.3) is 5.69 Å². The first-order valence-electron chi connectivity index (χ1n) is 4.88. The molecule has 0 fully saturated rings. The molecule has 0 aliphatic rings. The molecule has 2 rings (SSSR count). The lowest BCUT2D eigenvalue weighted by Gasteiger charge is -2.08. The highest BCUT2D eigenvalue weighted by Crippen LogP contribution is 2.18. The van der Waals surface area contributed by atoms with Gasteiger partial charge in [-0.3, -0.25) is 9.78 Å². The van der Waals surface area contributed by atoms with Gasteiger partial charge in [0.1, 0.15) is 0 Å². The first-order chi connectivity index (χ1) is 8.41. The third-order valence-electron chi connectivity index (χ3n) is 2.42. The number of hydrogen-bond acceptors (Lipinski definition) is 2. The summed E-state index contributed by atoms with van der Waals surface area (Å²) >= 11 is 8.62. The van der Waals surface area contributed by atoms with E-state index in [-0.39, 0.29) is 0 Å². The van der Waals surface area contributed by atoms with Crippen LogP contribution >= 0.6 is 27.5 Å². The Morgan fingerprint density at radius 3 is 2.72 bits per heavy atom. The van der Waals surface area contributed by atoms with Crippen LogP contribution in [0.15, 0.2) is 32.3 Å². The van der Waals surface area contributed by atoms with Crippen LogP contribution in [-0.4, -0.2) is 9.55 Å². The van der Waals surface area contributed by atoms with E-state index < -0.39 is 22.2 Å². The van der Waals surface area contributed by atoms with Gasteiger partial charge < -0.3 is 0 Å². The molecule has 1 heterocycles. The molecular formula is C11H7BrClFN2O2. The summed E-state index contributed by atoms with van der Waals surface area (Å²) < 4.78 is 14.8.